The van der Waals surface area contributed by atoms with Gasteiger partial charge in [0.25, 0.3) is 15.9 Å². The van der Waals surface area contributed by atoms with Crippen LogP contribution in [0.15, 0.2) is 65.8 Å². The average Bonchev–Trinajstić information content (AvgIpc) is 3.10. The van der Waals surface area contributed by atoms with E-state index in [1.807, 2.05) is 43.3 Å². The summed E-state index contributed by atoms with van der Waals surface area (Å²) in [5.41, 5.74) is 1.75. The van der Waals surface area contributed by atoms with Crippen molar-refractivity contribution in [3.63, 3.8) is 0 Å². The molecule has 1 aliphatic heterocycles. The van der Waals surface area contributed by atoms with Gasteiger partial charge in [0.2, 0.25) is 0 Å². The Morgan fingerprint density at radius 3 is 2.58 bits per heavy atom. The Kier molecular flexibility index (Phi) is 6.90. The fourth-order valence-electron chi connectivity index (χ4n) is 4.62. The Hall–Kier alpha value is -3.66. The molecule has 2 aromatic heterocycles. The standard InChI is InChI=1S/C26H32N6O3S.2H2/c1-18-16-26(2,3)32(17-18)24-21(11-8-14-27-24)25(33)30-36(34,35)23-13-7-12-22(29-23)28-19-9-6-10-20(15-19)31(4)5;;/h6-15,18H,16-17H2,1-5H3,(H,28,29)(H,30,33);2*1H. The van der Waals surface area contributed by atoms with E-state index >= 15 is 0 Å². The number of hydrogen-bond donors (Lipinski definition) is 2. The lowest BCUT2D eigenvalue weighted by Gasteiger charge is -2.33. The number of hydrogen-bond acceptors (Lipinski definition) is 8. The minimum absolute atomic E-state index is 0. The molecule has 0 radical (unpaired) electrons. The second-order valence-corrected chi connectivity index (χ2v) is 11.6. The molecule has 0 saturated carbocycles. The van der Waals surface area contributed by atoms with Gasteiger partial charge in [0, 0.05) is 46.6 Å². The van der Waals surface area contributed by atoms with Gasteiger partial charge in [-0.05, 0) is 68.7 Å². The number of rotatable bonds is 7. The van der Waals surface area contributed by atoms with Crippen LogP contribution < -0.4 is 19.8 Å². The first kappa shape index (κ1) is 25.4. The summed E-state index contributed by atoms with van der Waals surface area (Å²) >= 11 is 0. The van der Waals surface area contributed by atoms with Crippen molar-refractivity contribution >= 4 is 38.9 Å². The van der Waals surface area contributed by atoms with Gasteiger partial charge in [0.05, 0.1) is 5.56 Å². The molecule has 3 heterocycles. The molecular formula is C26H36N6O3S. The van der Waals surface area contributed by atoms with Crippen LogP contribution in [0.1, 0.15) is 40.4 Å². The van der Waals surface area contributed by atoms with Crippen LogP contribution in [0.25, 0.3) is 0 Å². The zero-order chi connectivity index (χ0) is 26.1. The topological polar surface area (TPSA) is 108 Å². The molecule has 0 spiro atoms. The summed E-state index contributed by atoms with van der Waals surface area (Å²) in [5, 5.41) is 2.87. The van der Waals surface area contributed by atoms with Crippen molar-refractivity contribution in [1.82, 2.24) is 14.7 Å². The number of nitrogens with zero attached hydrogens (tertiary/aromatic N) is 4. The van der Waals surface area contributed by atoms with E-state index in [1.165, 1.54) is 6.07 Å². The molecule has 4 rings (SSSR count). The Labute approximate surface area is 215 Å². The van der Waals surface area contributed by atoms with Gasteiger partial charge in [-0.1, -0.05) is 19.1 Å². The van der Waals surface area contributed by atoms with Gasteiger partial charge in [-0.2, -0.15) is 8.42 Å². The fourth-order valence-corrected chi connectivity index (χ4v) is 5.56. The van der Waals surface area contributed by atoms with Crippen LogP contribution in [0.5, 0.6) is 0 Å². The first-order valence-corrected chi connectivity index (χ1v) is 13.3. The van der Waals surface area contributed by atoms with Gasteiger partial charge in [-0.25, -0.2) is 14.7 Å². The number of carbonyl (C=O) groups excluding carboxylic acids is 1. The van der Waals surface area contributed by atoms with Crippen LogP contribution in [0.3, 0.4) is 0 Å². The maximum absolute atomic E-state index is 13.2. The molecule has 1 amide bonds. The number of pyridine rings is 2. The summed E-state index contributed by atoms with van der Waals surface area (Å²) in [4.78, 5) is 25.9. The van der Waals surface area contributed by atoms with Gasteiger partial charge in [0.1, 0.15) is 11.6 Å². The zero-order valence-corrected chi connectivity index (χ0v) is 22.0. The largest absolute Gasteiger partial charge is 0.378 e. The fraction of sp³-hybridized carbons (Fsp3) is 0.346. The van der Waals surface area contributed by atoms with E-state index in [4.69, 9.17) is 0 Å². The Balaban J connectivity index is 0.00000253. The van der Waals surface area contributed by atoms with Gasteiger partial charge in [-0.3, -0.25) is 4.79 Å². The van der Waals surface area contributed by atoms with Crippen LogP contribution in [0.4, 0.5) is 23.0 Å². The lowest BCUT2D eigenvalue weighted by atomic mass is 9.97. The molecule has 2 N–H and O–H groups in total. The quantitative estimate of drug-likeness (QED) is 0.476. The van der Waals surface area contributed by atoms with Crippen LogP contribution in [0, 0.1) is 5.92 Å². The van der Waals surface area contributed by atoms with E-state index in [-0.39, 0.29) is 19.0 Å². The van der Waals surface area contributed by atoms with Gasteiger partial charge >= 0.3 is 0 Å². The maximum atomic E-state index is 13.2. The second-order valence-electron chi connectivity index (χ2n) is 9.97. The highest BCUT2D eigenvalue weighted by molar-refractivity contribution is 7.90. The van der Waals surface area contributed by atoms with Crippen LogP contribution in [-0.4, -0.2) is 50.5 Å². The molecule has 1 unspecified atom stereocenters. The number of aromatic nitrogens is 2. The van der Waals surface area contributed by atoms with Gasteiger partial charge < -0.3 is 15.1 Å². The first-order chi connectivity index (χ1) is 17.0. The predicted molar refractivity (Wildman–Crippen MR) is 147 cm³/mol. The lowest BCUT2D eigenvalue weighted by molar-refractivity contribution is 0.0981. The summed E-state index contributed by atoms with van der Waals surface area (Å²) < 4.78 is 28.4. The molecule has 1 saturated heterocycles. The third-order valence-corrected chi connectivity index (χ3v) is 7.45. The summed E-state index contributed by atoms with van der Waals surface area (Å²) in [6.07, 6.45) is 2.56. The van der Waals surface area contributed by atoms with Gasteiger partial charge in [0.15, 0.2) is 5.03 Å². The number of sulfonamides is 1. The highest BCUT2D eigenvalue weighted by Gasteiger charge is 2.39. The van der Waals surface area contributed by atoms with Crippen molar-refractivity contribution < 1.29 is 16.1 Å². The Morgan fingerprint density at radius 2 is 1.89 bits per heavy atom. The molecule has 0 aliphatic carbocycles. The van der Waals surface area contributed by atoms with E-state index < -0.39 is 15.9 Å². The molecule has 9 nitrogen and oxygen atoms in total. The summed E-state index contributed by atoms with van der Waals surface area (Å²) in [6.45, 7) is 7.08. The van der Waals surface area contributed by atoms with Crippen molar-refractivity contribution in [1.29, 1.82) is 0 Å². The van der Waals surface area contributed by atoms with E-state index in [0.717, 1.165) is 24.3 Å². The van der Waals surface area contributed by atoms with E-state index in [2.05, 4.69) is 45.7 Å². The number of nitrogens with one attached hydrogen (secondary N) is 2. The molecule has 1 aliphatic rings. The third-order valence-electron chi connectivity index (χ3n) is 6.22. The summed E-state index contributed by atoms with van der Waals surface area (Å²) in [7, 11) is -0.356. The van der Waals surface area contributed by atoms with Crippen molar-refractivity contribution in [2.45, 2.75) is 37.8 Å². The molecule has 10 heteroatoms. The van der Waals surface area contributed by atoms with Crippen LogP contribution in [0.2, 0.25) is 0 Å². The number of benzene rings is 1. The van der Waals surface area contributed by atoms with Crippen molar-refractivity contribution in [3.8, 4) is 0 Å². The van der Waals surface area contributed by atoms with E-state index in [9.17, 15) is 13.2 Å². The highest BCUT2D eigenvalue weighted by Crippen LogP contribution is 2.37. The number of anilines is 4. The molecule has 0 bridgehead atoms. The molecule has 3 aromatic rings. The molecule has 1 aromatic carbocycles. The van der Waals surface area contributed by atoms with E-state index in [1.54, 1.807) is 30.5 Å². The molecule has 194 valence electrons. The molecule has 1 atom stereocenters. The normalized spacial score (nSPS) is 17.0. The minimum atomic E-state index is -4.23. The van der Waals surface area contributed by atoms with Crippen molar-refractivity contribution in [2.24, 2.45) is 5.92 Å². The Morgan fingerprint density at radius 1 is 1.14 bits per heavy atom. The van der Waals surface area contributed by atoms with Crippen molar-refractivity contribution in [2.75, 3.05) is 35.8 Å². The lowest BCUT2D eigenvalue weighted by Crippen LogP contribution is -2.41. The SMILES string of the molecule is CC1CN(c2ncccc2C(=O)NS(=O)(=O)c2cccc(Nc3cccc(N(C)C)c3)n2)C(C)(C)C1.[HH].[HH]. The maximum Gasteiger partial charge on any atom is 0.281 e. The van der Waals surface area contributed by atoms with Gasteiger partial charge in [-0.15, -0.1) is 0 Å². The van der Waals surface area contributed by atoms with Crippen LogP contribution >= 0.6 is 0 Å². The summed E-state index contributed by atoms with van der Waals surface area (Å²) in [5.74, 6) is 0.506. The summed E-state index contributed by atoms with van der Waals surface area (Å²) in [6, 6.07) is 15.5. The highest BCUT2D eigenvalue weighted by atomic mass is 32.2. The van der Waals surface area contributed by atoms with Crippen LogP contribution in [-0.2, 0) is 10.0 Å². The molecule has 36 heavy (non-hydrogen) atoms. The average molecular weight is 513 g/mol. The first-order valence-electron chi connectivity index (χ1n) is 11.8. The minimum Gasteiger partial charge on any atom is -0.378 e. The third kappa shape index (κ3) is 5.43. The smallest absolute Gasteiger partial charge is 0.281 e. The predicted octanol–water partition coefficient (Wildman–Crippen LogP) is 4.52. The Bertz CT molecular complexity index is 1380. The monoisotopic (exact) mass is 512 g/mol. The zero-order valence-electron chi connectivity index (χ0n) is 21.2. The van der Waals surface area contributed by atoms with E-state index in [0.29, 0.717) is 17.6 Å². The second kappa shape index (κ2) is 9.77. The molecule has 1 fully saturated rings. The van der Waals surface area contributed by atoms with Crippen molar-refractivity contribution in [3.05, 3.63) is 66.4 Å². The molecular weight excluding hydrogens is 476 g/mol. The number of amides is 1. The number of carbonyl (C=O) groups is 1.